The number of carbonyl (C=O) groups is 1. The minimum Gasteiger partial charge on any atom is -0.353 e. The predicted octanol–water partition coefficient (Wildman–Crippen LogP) is 3.32. The van der Waals surface area contributed by atoms with Gasteiger partial charge in [0.2, 0.25) is 5.91 Å². The van der Waals surface area contributed by atoms with E-state index in [2.05, 4.69) is 53.2 Å². The number of nitrogens with one attached hydrogen (secondary N) is 1. The van der Waals surface area contributed by atoms with Crippen molar-refractivity contribution in [1.29, 1.82) is 0 Å². The van der Waals surface area contributed by atoms with Crippen LogP contribution < -0.4 is 5.32 Å². The maximum absolute atomic E-state index is 12.5. The summed E-state index contributed by atoms with van der Waals surface area (Å²) < 4.78 is 0. The van der Waals surface area contributed by atoms with Crippen LogP contribution in [0.5, 0.6) is 0 Å². The van der Waals surface area contributed by atoms with E-state index in [0.29, 0.717) is 19.1 Å². The number of amides is 1. The molecule has 26 heavy (non-hydrogen) atoms. The van der Waals surface area contributed by atoms with Gasteiger partial charge in [0.1, 0.15) is 0 Å². The molecule has 4 nitrogen and oxygen atoms in total. The lowest BCUT2D eigenvalue weighted by atomic mass is 10.1. The number of rotatable bonds is 9. The van der Waals surface area contributed by atoms with Crippen molar-refractivity contribution in [1.82, 2.24) is 15.1 Å². The smallest absolute Gasteiger partial charge is 0.234 e. The maximum Gasteiger partial charge on any atom is 0.234 e. The third-order valence-electron chi connectivity index (χ3n) is 4.61. The van der Waals surface area contributed by atoms with Crippen molar-refractivity contribution in [3.8, 4) is 0 Å². The molecule has 0 saturated carbocycles. The number of nitrogens with zero attached hydrogens (tertiary/aromatic N) is 2. The summed E-state index contributed by atoms with van der Waals surface area (Å²) in [6.45, 7) is 6.04. The highest BCUT2D eigenvalue weighted by molar-refractivity contribution is 5.78. The monoisotopic (exact) mass is 353 g/mol. The van der Waals surface area contributed by atoms with Gasteiger partial charge in [-0.05, 0) is 39.1 Å². The van der Waals surface area contributed by atoms with Crippen LogP contribution in [0.1, 0.15) is 31.0 Å². The van der Waals surface area contributed by atoms with Crippen LogP contribution in [0.2, 0.25) is 0 Å². The van der Waals surface area contributed by atoms with Crippen molar-refractivity contribution in [3.05, 3.63) is 71.8 Å². The molecule has 0 fully saturated rings. The van der Waals surface area contributed by atoms with E-state index < -0.39 is 0 Å². The summed E-state index contributed by atoms with van der Waals surface area (Å²) in [5, 5.41) is 3.11. The molecule has 2 aromatic rings. The molecule has 140 valence electrons. The molecular formula is C22H31N3O. The van der Waals surface area contributed by atoms with Crippen LogP contribution in [0.25, 0.3) is 0 Å². The number of hydrogen-bond donors (Lipinski definition) is 1. The van der Waals surface area contributed by atoms with E-state index >= 15 is 0 Å². The standard InChI is InChI=1S/C22H31N3O/c1-18(2)25(16-19-11-7-5-8-12-19)17-22(26)23-15-21(24(3)4)20-13-9-6-10-14-20/h5-14,18,21H,15-17H2,1-4H3,(H,23,26). The first-order chi connectivity index (χ1) is 12.5. The highest BCUT2D eigenvalue weighted by Crippen LogP contribution is 2.16. The molecule has 0 aliphatic heterocycles. The average molecular weight is 354 g/mol. The molecule has 0 spiro atoms. The van der Waals surface area contributed by atoms with Crippen molar-refractivity contribution in [3.63, 3.8) is 0 Å². The van der Waals surface area contributed by atoms with Crippen LogP contribution in [0.3, 0.4) is 0 Å². The van der Waals surface area contributed by atoms with E-state index in [-0.39, 0.29) is 11.9 Å². The van der Waals surface area contributed by atoms with Crippen LogP contribution in [0.4, 0.5) is 0 Å². The third-order valence-corrected chi connectivity index (χ3v) is 4.61. The number of hydrogen-bond acceptors (Lipinski definition) is 3. The molecule has 2 aromatic carbocycles. The largest absolute Gasteiger partial charge is 0.353 e. The summed E-state index contributed by atoms with van der Waals surface area (Å²) in [7, 11) is 4.08. The van der Waals surface area contributed by atoms with Crippen LogP contribution in [0.15, 0.2) is 60.7 Å². The predicted molar refractivity (Wildman–Crippen MR) is 108 cm³/mol. The number of carbonyl (C=O) groups excluding carboxylic acids is 1. The lowest BCUT2D eigenvalue weighted by Crippen LogP contribution is -2.42. The van der Waals surface area contributed by atoms with Crippen LogP contribution >= 0.6 is 0 Å². The van der Waals surface area contributed by atoms with Crippen molar-refractivity contribution in [2.24, 2.45) is 0 Å². The first kappa shape index (κ1) is 20.1. The Kier molecular flexibility index (Phi) is 7.82. The molecule has 0 saturated heterocycles. The van der Waals surface area contributed by atoms with E-state index in [1.165, 1.54) is 11.1 Å². The average Bonchev–Trinajstić information content (AvgIpc) is 2.62. The van der Waals surface area contributed by atoms with Crippen molar-refractivity contribution in [2.45, 2.75) is 32.5 Å². The lowest BCUT2D eigenvalue weighted by molar-refractivity contribution is -0.123. The molecule has 0 heterocycles. The maximum atomic E-state index is 12.5. The van der Waals surface area contributed by atoms with E-state index in [9.17, 15) is 4.79 Å². The molecule has 1 atom stereocenters. The molecule has 1 unspecified atom stereocenters. The van der Waals surface area contributed by atoms with Gasteiger partial charge in [-0.3, -0.25) is 9.69 Å². The van der Waals surface area contributed by atoms with Gasteiger partial charge in [0, 0.05) is 19.1 Å². The summed E-state index contributed by atoms with van der Waals surface area (Å²) in [6, 6.07) is 21.1. The normalized spacial score (nSPS) is 12.6. The summed E-state index contributed by atoms with van der Waals surface area (Å²) in [4.78, 5) is 16.9. The minimum absolute atomic E-state index is 0.0670. The van der Waals surface area contributed by atoms with E-state index in [1.54, 1.807) is 0 Å². The van der Waals surface area contributed by atoms with Gasteiger partial charge in [-0.15, -0.1) is 0 Å². The van der Waals surface area contributed by atoms with Crippen molar-refractivity contribution >= 4 is 5.91 Å². The topological polar surface area (TPSA) is 35.6 Å². The quantitative estimate of drug-likeness (QED) is 0.751. The van der Waals surface area contributed by atoms with Gasteiger partial charge in [-0.2, -0.15) is 0 Å². The first-order valence-electron chi connectivity index (χ1n) is 9.23. The number of likely N-dealkylation sites (N-methyl/N-ethyl adjacent to an activating group) is 1. The molecule has 0 aliphatic carbocycles. The Balaban J connectivity index is 1.92. The summed E-state index contributed by atoms with van der Waals surface area (Å²) in [6.07, 6.45) is 0. The van der Waals surface area contributed by atoms with Gasteiger partial charge < -0.3 is 10.2 Å². The van der Waals surface area contributed by atoms with Crippen molar-refractivity contribution < 1.29 is 4.79 Å². The van der Waals surface area contributed by atoms with Gasteiger partial charge >= 0.3 is 0 Å². The molecule has 0 aromatic heterocycles. The van der Waals surface area contributed by atoms with Gasteiger partial charge in [0.15, 0.2) is 0 Å². The van der Waals surface area contributed by atoms with Gasteiger partial charge in [-0.25, -0.2) is 0 Å². The van der Waals surface area contributed by atoms with Gasteiger partial charge in [0.05, 0.1) is 12.6 Å². The number of benzene rings is 2. The Morgan fingerprint density at radius 2 is 1.54 bits per heavy atom. The second-order valence-corrected chi connectivity index (χ2v) is 7.18. The zero-order chi connectivity index (χ0) is 18.9. The Morgan fingerprint density at radius 1 is 0.962 bits per heavy atom. The SMILES string of the molecule is CC(C)N(CC(=O)NCC(c1ccccc1)N(C)C)Cc1ccccc1. The summed E-state index contributed by atoms with van der Waals surface area (Å²) >= 11 is 0. The van der Waals surface area contributed by atoms with Crippen LogP contribution in [-0.4, -0.2) is 48.9 Å². The van der Waals surface area contributed by atoms with Crippen LogP contribution in [0, 0.1) is 0 Å². The fourth-order valence-corrected chi connectivity index (χ4v) is 2.96. The second-order valence-electron chi connectivity index (χ2n) is 7.18. The Hall–Kier alpha value is -2.17. The fourth-order valence-electron chi connectivity index (χ4n) is 2.96. The summed E-state index contributed by atoms with van der Waals surface area (Å²) in [5.41, 5.74) is 2.44. The minimum atomic E-state index is 0.0670. The zero-order valence-electron chi connectivity index (χ0n) is 16.4. The van der Waals surface area contributed by atoms with Crippen molar-refractivity contribution in [2.75, 3.05) is 27.2 Å². The summed E-state index contributed by atoms with van der Waals surface area (Å²) in [5.74, 6) is 0.0670. The molecule has 0 aliphatic rings. The van der Waals surface area contributed by atoms with Gasteiger partial charge in [-0.1, -0.05) is 60.7 Å². The van der Waals surface area contributed by atoms with E-state index in [4.69, 9.17) is 0 Å². The first-order valence-corrected chi connectivity index (χ1v) is 9.23. The van der Waals surface area contributed by atoms with E-state index in [0.717, 1.165) is 6.54 Å². The molecule has 1 amide bonds. The fraction of sp³-hybridized carbons (Fsp3) is 0.409. The molecule has 1 N–H and O–H groups in total. The molecule has 4 heteroatoms. The van der Waals surface area contributed by atoms with E-state index in [1.807, 2.05) is 50.5 Å². The molecule has 0 radical (unpaired) electrons. The highest BCUT2D eigenvalue weighted by atomic mass is 16.2. The molecule has 0 bridgehead atoms. The molecule has 2 rings (SSSR count). The Labute approximate surface area is 157 Å². The highest BCUT2D eigenvalue weighted by Gasteiger charge is 2.18. The molecular weight excluding hydrogens is 322 g/mol. The Morgan fingerprint density at radius 3 is 2.08 bits per heavy atom. The zero-order valence-corrected chi connectivity index (χ0v) is 16.4. The van der Waals surface area contributed by atoms with Crippen LogP contribution in [-0.2, 0) is 11.3 Å². The lowest BCUT2D eigenvalue weighted by Gasteiger charge is -2.28. The Bertz CT molecular complexity index is 656. The van der Waals surface area contributed by atoms with Gasteiger partial charge in [0.25, 0.3) is 0 Å². The third kappa shape index (κ3) is 6.28. The second kappa shape index (κ2) is 10.1.